The number of nitriles is 1. The van der Waals surface area contributed by atoms with Crippen molar-refractivity contribution in [1.29, 1.82) is 5.26 Å². The van der Waals surface area contributed by atoms with Crippen LogP contribution in [0, 0.1) is 11.3 Å². The van der Waals surface area contributed by atoms with E-state index < -0.39 is 0 Å². The standard InChI is InChI=1S/C23H27N7O/c24-11-18-12-25-22(26-13-18)29-15-20-10-21(16-29)30(20)23(31)27-19-6-8-28(9-7-19)14-17-4-2-1-3-5-17/h1-5,12-13,19-21H,6-10,14-16H2,(H,27,31). The topological polar surface area (TPSA) is 88.4 Å². The molecule has 8 nitrogen and oxygen atoms in total. The lowest BCUT2D eigenvalue weighted by Gasteiger charge is -2.56. The molecule has 2 atom stereocenters. The minimum Gasteiger partial charge on any atom is -0.337 e. The van der Waals surface area contributed by atoms with Crippen LogP contribution in [0.15, 0.2) is 42.7 Å². The van der Waals surface area contributed by atoms with Crippen molar-refractivity contribution in [2.75, 3.05) is 31.1 Å². The molecule has 160 valence electrons. The average molecular weight is 418 g/mol. The largest absolute Gasteiger partial charge is 0.337 e. The Bertz CT molecular complexity index is 938. The molecule has 1 N–H and O–H groups in total. The molecule has 4 saturated heterocycles. The van der Waals surface area contributed by atoms with Gasteiger partial charge in [0.1, 0.15) is 6.07 Å². The minimum absolute atomic E-state index is 0.0724. The Labute approximate surface area is 182 Å². The molecule has 8 heteroatoms. The summed E-state index contributed by atoms with van der Waals surface area (Å²) in [5.74, 6) is 0.638. The van der Waals surface area contributed by atoms with Crippen molar-refractivity contribution in [3.63, 3.8) is 0 Å². The molecule has 2 amide bonds. The summed E-state index contributed by atoms with van der Waals surface area (Å²) in [5, 5.41) is 12.2. The fourth-order valence-corrected chi connectivity index (χ4v) is 4.97. The third-order valence-electron chi connectivity index (χ3n) is 6.64. The number of aromatic nitrogens is 2. The highest BCUT2D eigenvalue weighted by molar-refractivity contribution is 5.77. The number of anilines is 1. The number of nitrogens with one attached hydrogen (secondary N) is 1. The molecule has 2 bridgehead atoms. The zero-order valence-corrected chi connectivity index (χ0v) is 17.5. The number of hydrogen-bond acceptors (Lipinski definition) is 6. The van der Waals surface area contributed by atoms with Gasteiger partial charge < -0.3 is 15.1 Å². The van der Waals surface area contributed by atoms with Gasteiger partial charge in [-0.3, -0.25) is 4.90 Å². The fraction of sp³-hybridized carbons (Fsp3) is 0.478. The van der Waals surface area contributed by atoms with Gasteiger partial charge >= 0.3 is 6.03 Å². The smallest absolute Gasteiger partial charge is 0.318 e. The maximum absolute atomic E-state index is 12.9. The van der Waals surface area contributed by atoms with E-state index in [0.29, 0.717) is 11.5 Å². The second-order valence-corrected chi connectivity index (χ2v) is 8.72. The summed E-state index contributed by atoms with van der Waals surface area (Å²) in [4.78, 5) is 28.1. The van der Waals surface area contributed by atoms with Crippen molar-refractivity contribution in [2.45, 2.75) is 43.9 Å². The van der Waals surface area contributed by atoms with Crippen molar-refractivity contribution < 1.29 is 4.79 Å². The number of carbonyl (C=O) groups excluding carboxylic acids is 1. The molecule has 4 fully saturated rings. The number of piperidine rings is 2. The zero-order valence-electron chi connectivity index (χ0n) is 17.5. The zero-order chi connectivity index (χ0) is 21.2. The summed E-state index contributed by atoms with van der Waals surface area (Å²) >= 11 is 0. The Morgan fingerprint density at radius 1 is 1.10 bits per heavy atom. The number of urea groups is 1. The van der Waals surface area contributed by atoms with E-state index in [-0.39, 0.29) is 24.2 Å². The first-order valence-corrected chi connectivity index (χ1v) is 11.0. The van der Waals surface area contributed by atoms with Crippen molar-refractivity contribution in [3.05, 3.63) is 53.9 Å². The van der Waals surface area contributed by atoms with E-state index in [2.05, 4.69) is 49.4 Å². The summed E-state index contributed by atoms with van der Waals surface area (Å²) in [6.45, 7) is 4.48. The Kier molecular flexibility index (Phi) is 5.43. The van der Waals surface area contributed by atoms with Gasteiger partial charge in [-0.25, -0.2) is 14.8 Å². The lowest BCUT2D eigenvalue weighted by Crippen LogP contribution is -2.72. The Morgan fingerprint density at radius 3 is 2.42 bits per heavy atom. The third-order valence-corrected chi connectivity index (χ3v) is 6.64. The van der Waals surface area contributed by atoms with Crippen LogP contribution >= 0.6 is 0 Å². The van der Waals surface area contributed by atoms with Gasteiger partial charge in [0.25, 0.3) is 0 Å². The van der Waals surface area contributed by atoms with Crippen molar-refractivity contribution in [1.82, 2.24) is 25.1 Å². The molecule has 0 spiro atoms. The molecule has 1 aromatic heterocycles. The van der Waals surface area contributed by atoms with Gasteiger partial charge in [-0.05, 0) is 24.8 Å². The molecule has 31 heavy (non-hydrogen) atoms. The SMILES string of the molecule is N#Cc1cnc(N2CC3CC(C2)N3C(=O)NC2CCN(Cc3ccccc3)CC2)nc1. The van der Waals surface area contributed by atoms with Gasteiger partial charge in [-0.1, -0.05) is 30.3 Å². The summed E-state index contributed by atoms with van der Waals surface area (Å²) < 4.78 is 0. The van der Waals surface area contributed by atoms with Crippen LogP contribution in [0.1, 0.15) is 30.4 Å². The van der Waals surface area contributed by atoms with Gasteiger partial charge in [-0.2, -0.15) is 5.26 Å². The lowest BCUT2D eigenvalue weighted by atomic mass is 9.88. The number of hydrogen-bond donors (Lipinski definition) is 1. The van der Waals surface area contributed by atoms with Gasteiger partial charge in [0.2, 0.25) is 5.95 Å². The van der Waals surface area contributed by atoms with Crippen LogP contribution in [0.2, 0.25) is 0 Å². The normalized spacial score (nSPS) is 23.7. The molecular weight excluding hydrogens is 390 g/mol. The molecular formula is C23H27N7O. The molecule has 0 radical (unpaired) electrons. The summed E-state index contributed by atoms with van der Waals surface area (Å²) in [5.41, 5.74) is 1.80. The fourth-order valence-electron chi connectivity index (χ4n) is 4.97. The number of benzene rings is 1. The van der Waals surface area contributed by atoms with Crippen LogP contribution in [0.25, 0.3) is 0 Å². The van der Waals surface area contributed by atoms with E-state index in [4.69, 9.17) is 5.26 Å². The van der Waals surface area contributed by atoms with Crippen LogP contribution in [0.5, 0.6) is 0 Å². The van der Waals surface area contributed by atoms with E-state index in [1.165, 1.54) is 5.56 Å². The van der Waals surface area contributed by atoms with Crippen LogP contribution < -0.4 is 10.2 Å². The summed E-state index contributed by atoms with van der Waals surface area (Å²) in [6.07, 6.45) is 6.13. The summed E-state index contributed by atoms with van der Waals surface area (Å²) in [7, 11) is 0. The Hall–Kier alpha value is -3.18. The minimum atomic E-state index is 0.0724. The van der Waals surface area contributed by atoms with Crippen LogP contribution in [-0.4, -0.2) is 70.1 Å². The number of carbonyl (C=O) groups is 1. The molecule has 0 aliphatic carbocycles. The third kappa shape index (κ3) is 4.19. The Morgan fingerprint density at radius 2 is 1.77 bits per heavy atom. The number of nitrogens with zero attached hydrogens (tertiary/aromatic N) is 6. The van der Waals surface area contributed by atoms with Gasteiger partial charge in [0.05, 0.1) is 30.0 Å². The lowest BCUT2D eigenvalue weighted by molar-refractivity contribution is 0.0335. The van der Waals surface area contributed by atoms with Crippen molar-refractivity contribution in [2.24, 2.45) is 0 Å². The number of rotatable bonds is 4. The second kappa shape index (κ2) is 8.52. The average Bonchev–Trinajstić information content (AvgIpc) is 2.81. The quantitative estimate of drug-likeness (QED) is 0.819. The number of fused-ring (bicyclic) bond motifs is 2. The molecule has 2 unspecified atom stereocenters. The first-order chi connectivity index (χ1) is 15.2. The van der Waals surface area contributed by atoms with E-state index in [9.17, 15) is 4.79 Å². The van der Waals surface area contributed by atoms with Gasteiger partial charge in [0.15, 0.2) is 0 Å². The maximum Gasteiger partial charge on any atom is 0.318 e. The van der Waals surface area contributed by atoms with Gasteiger partial charge in [0, 0.05) is 38.8 Å². The molecule has 4 aliphatic heterocycles. The maximum atomic E-state index is 12.9. The highest BCUT2D eigenvalue weighted by atomic mass is 16.2. The predicted molar refractivity (Wildman–Crippen MR) is 116 cm³/mol. The molecule has 5 heterocycles. The molecule has 1 aromatic carbocycles. The van der Waals surface area contributed by atoms with Crippen LogP contribution in [0.4, 0.5) is 10.7 Å². The van der Waals surface area contributed by atoms with E-state index >= 15 is 0 Å². The van der Waals surface area contributed by atoms with Gasteiger partial charge in [-0.15, -0.1) is 0 Å². The Balaban J connectivity index is 1.09. The predicted octanol–water partition coefficient (Wildman–Crippen LogP) is 1.99. The first-order valence-electron chi connectivity index (χ1n) is 11.0. The van der Waals surface area contributed by atoms with E-state index in [0.717, 1.165) is 52.0 Å². The van der Waals surface area contributed by atoms with Crippen LogP contribution in [0.3, 0.4) is 0 Å². The highest BCUT2D eigenvalue weighted by Gasteiger charge is 2.48. The highest BCUT2D eigenvalue weighted by Crippen LogP contribution is 2.33. The first kappa shape index (κ1) is 19.8. The molecule has 6 rings (SSSR count). The monoisotopic (exact) mass is 417 g/mol. The van der Waals surface area contributed by atoms with Crippen LogP contribution in [-0.2, 0) is 6.54 Å². The van der Waals surface area contributed by atoms with E-state index in [1.54, 1.807) is 12.4 Å². The van der Waals surface area contributed by atoms with E-state index in [1.807, 2.05) is 17.0 Å². The van der Waals surface area contributed by atoms with Crippen molar-refractivity contribution >= 4 is 12.0 Å². The molecule has 2 aromatic rings. The number of piperazine rings is 1. The number of likely N-dealkylation sites (tertiary alicyclic amines) is 1. The number of amides is 2. The molecule has 4 aliphatic rings. The summed E-state index contributed by atoms with van der Waals surface area (Å²) in [6, 6.07) is 13.3. The second-order valence-electron chi connectivity index (χ2n) is 8.72. The molecule has 0 saturated carbocycles. The van der Waals surface area contributed by atoms with Crippen molar-refractivity contribution in [3.8, 4) is 6.07 Å².